The summed E-state index contributed by atoms with van der Waals surface area (Å²) in [5, 5.41) is 0. The van der Waals surface area contributed by atoms with E-state index in [1.807, 2.05) is 19.1 Å². The number of aromatic nitrogens is 2. The van der Waals surface area contributed by atoms with Crippen LogP contribution in [0.4, 0.5) is 0 Å². The van der Waals surface area contributed by atoms with Crippen LogP contribution in [0.3, 0.4) is 0 Å². The van der Waals surface area contributed by atoms with Crippen molar-refractivity contribution >= 4 is 5.78 Å². The van der Waals surface area contributed by atoms with Crippen LogP contribution in [0.25, 0.3) is 0 Å². The lowest BCUT2D eigenvalue weighted by Crippen LogP contribution is -1.99. The van der Waals surface area contributed by atoms with Gasteiger partial charge >= 0.3 is 6.01 Å². The van der Waals surface area contributed by atoms with Gasteiger partial charge in [-0.05, 0) is 12.8 Å². The number of hydrogen-bond donors (Lipinski definition) is 0. The maximum absolute atomic E-state index is 12.0. The Hall–Kier alpha value is -2.87. The molecule has 0 radical (unpaired) electrons. The van der Waals surface area contributed by atoms with Gasteiger partial charge in [-0.15, -0.1) is 0 Å². The van der Waals surface area contributed by atoms with E-state index in [0.717, 1.165) is 5.56 Å². The van der Waals surface area contributed by atoms with E-state index >= 15 is 0 Å². The van der Waals surface area contributed by atoms with Crippen LogP contribution in [0.15, 0.2) is 30.5 Å². The second kappa shape index (κ2) is 6.53. The summed E-state index contributed by atoms with van der Waals surface area (Å²) >= 11 is 0. The molecule has 1 aromatic heterocycles. The minimum Gasteiger partial charge on any atom is -0.480 e. The summed E-state index contributed by atoms with van der Waals surface area (Å²) in [4.78, 5) is 19.9. The molecule has 0 aliphatic heterocycles. The third-order valence-corrected chi connectivity index (χ3v) is 2.73. The number of Topliss-reactive ketones (excluding diaryl/α,β-unsaturated/α-hetero) is 1. The molecule has 106 valence electrons. The van der Waals surface area contributed by atoms with Gasteiger partial charge in [-0.25, -0.2) is 4.98 Å². The quantitative estimate of drug-likeness (QED) is 0.637. The zero-order chi connectivity index (χ0) is 15.2. The van der Waals surface area contributed by atoms with Crippen LogP contribution in [0, 0.1) is 18.8 Å². The molecular weight excluding hydrogens is 268 g/mol. The number of carbonyl (C=O) groups is 1. The maximum Gasteiger partial charge on any atom is 0.319 e. The van der Waals surface area contributed by atoms with Crippen LogP contribution in [-0.2, 0) is 0 Å². The van der Waals surface area contributed by atoms with Crippen LogP contribution in [0.2, 0.25) is 0 Å². The Morgan fingerprint density at radius 2 is 1.86 bits per heavy atom. The van der Waals surface area contributed by atoms with Crippen molar-refractivity contribution in [2.75, 3.05) is 14.2 Å². The molecule has 2 aromatic rings. The maximum atomic E-state index is 12.0. The molecule has 0 amide bonds. The van der Waals surface area contributed by atoms with Gasteiger partial charge in [0.05, 0.1) is 20.4 Å². The first-order valence-electron chi connectivity index (χ1n) is 6.22. The molecule has 0 saturated heterocycles. The summed E-state index contributed by atoms with van der Waals surface area (Å²) in [6.45, 7) is 1.96. The van der Waals surface area contributed by atoms with Gasteiger partial charge in [0, 0.05) is 5.56 Å². The van der Waals surface area contributed by atoms with Crippen molar-refractivity contribution in [3.05, 3.63) is 47.2 Å². The van der Waals surface area contributed by atoms with Crippen LogP contribution in [0.1, 0.15) is 21.5 Å². The molecule has 0 aliphatic rings. The smallest absolute Gasteiger partial charge is 0.319 e. The molecule has 0 saturated carbocycles. The normalized spacial score (nSPS) is 9.48. The minimum absolute atomic E-state index is 0.183. The van der Waals surface area contributed by atoms with E-state index in [9.17, 15) is 4.79 Å². The topological polar surface area (TPSA) is 61.3 Å². The number of aryl methyl sites for hydroxylation is 1. The fraction of sp³-hybridized carbons (Fsp3) is 0.188. The molecule has 0 spiro atoms. The Kier molecular flexibility index (Phi) is 4.52. The number of hydrogen-bond acceptors (Lipinski definition) is 5. The van der Waals surface area contributed by atoms with Crippen molar-refractivity contribution in [2.24, 2.45) is 0 Å². The van der Waals surface area contributed by atoms with Crippen molar-refractivity contribution in [1.82, 2.24) is 9.97 Å². The minimum atomic E-state index is -0.270. The van der Waals surface area contributed by atoms with Gasteiger partial charge in [0.1, 0.15) is 5.56 Å². The largest absolute Gasteiger partial charge is 0.480 e. The molecule has 21 heavy (non-hydrogen) atoms. The standard InChI is InChI=1S/C16H14N2O3/c1-11-4-6-12(7-5-11)14(19)9-8-13-10-17-16(21-3)18-15(13)20-2/h4-7,10H,1-3H3. The zero-order valence-corrected chi connectivity index (χ0v) is 12.0. The predicted octanol–water partition coefficient (Wildman–Crippen LogP) is 2.04. The van der Waals surface area contributed by atoms with E-state index in [1.165, 1.54) is 20.4 Å². The Bertz CT molecular complexity index is 713. The van der Waals surface area contributed by atoms with Crippen molar-refractivity contribution < 1.29 is 14.3 Å². The summed E-state index contributed by atoms with van der Waals surface area (Å²) < 4.78 is 10.00. The van der Waals surface area contributed by atoms with Crippen molar-refractivity contribution in [1.29, 1.82) is 0 Å². The van der Waals surface area contributed by atoms with E-state index in [2.05, 4.69) is 21.8 Å². The number of ether oxygens (including phenoxy) is 2. The highest BCUT2D eigenvalue weighted by Crippen LogP contribution is 2.15. The van der Waals surface area contributed by atoms with Gasteiger partial charge < -0.3 is 9.47 Å². The number of benzene rings is 1. The molecule has 5 nitrogen and oxygen atoms in total. The summed E-state index contributed by atoms with van der Waals surface area (Å²) in [5.41, 5.74) is 2.06. The van der Waals surface area contributed by atoms with E-state index in [0.29, 0.717) is 11.1 Å². The molecule has 5 heteroatoms. The highest BCUT2D eigenvalue weighted by molar-refractivity contribution is 6.09. The summed E-state index contributed by atoms with van der Waals surface area (Å²) in [6, 6.07) is 7.41. The van der Waals surface area contributed by atoms with Crippen LogP contribution in [0.5, 0.6) is 11.9 Å². The highest BCUT2D eigenvalue weighted by atomic mass is 16.5. The molecule has 1 heterocycles. The number of rotatable bonds is 3. The number of ketones is 1. The Balaban J connectivity index is 2.26. The second-order valence-corrected chi connectivity index (χ2v) is 4.22. The Morgan fingerprint density at radius 1 is 1.14 bits per heavy atom. The summed E-state index contributed by atoms with van der Waals surface area (Å²) in [5.74, 6) is 5.28. The molecule has 0 fully saturated rings. The van der Waals surface area contributed by atoms with Gasteiger partial charge in [-0.2, -0.15) is 4.98 Å². The third-order valence-electron chi connectivity index (χ3n) is 2.73. The zero-order valence-electron chi connectivity index (χ0n) is 12.0. The van der Waals surface area contributed by atoms with Crippen LogP contribution >= 0.6 is 0 Å². The first kappa shape index (κ1) is 14.5. The predicted molar refractivity (Wildman–Crippen MR) is 77.5 cm³/mol. The highest BCUT2D eigenvalue weighted by Gasteiger charge is 2.06. The van der Waals surface area contributed by atoms with E-state index in [1.54, 1.807) is 12.1 Å². The van der Waals surface area contributed by atoms with E-state index < -0.39 is 0 Å². The monoisotopic (exact) mass is 282 g/mol. The molecule has 0 bridgehead atoms. The van der Waals surface area contributed by atoms with Gasteiger partial charge in [-0.1, -0.05) is 35.7 Å². The number of carbonyl (C=O) groups excluding carboxylic acids is 1. The lowest BCUT2D eigenvalue weighted by molar-refractivity contribution is 0.105. The molecule has 0 unspecified atom stereocenters. The molecule has 0 N–H and O–H groups in total. The number of methoxy groups -OCH3 is 2. The second-order valence-electron chi connectivity index (χ2n) is 4.22. The lowest BCUT2D eigenvalue weighted by Gasteiger charge is -2.03. The first-order valence-corrected chi connectivity index (χ1v) is 6.22. The van der Waals surface area contributed by atoms with Crippen molar-refractivity contribution in [2.45, 2.75) is 6.92 Å². The van der Waals surface area contributed by atoms with Crippen LogP contribution in [-0.4, -0.2) is 30.0 Å². The van der Waals surface area contributed by atoms with Gasteiger partial charge in [0.25, 0.3) is 0 Å². The Labute approximate surface area is 123 Å². The average Bonchev–Trinajstić information content (AvgIpc) is 2.53. The third kappa shape index (κ3) is 3.57. The van der Waals surface area contributed by atoms with E-state index in [-0.39, 0.29) is 17.7 Å². The van der Waals surface area contributed by atoms with Crippen molar-refractivity contribution in [3.8, 4) is 23.7 Å². The summed E-state index contributed by atoms with van der Waals surface area (Å²) in [6.07, 6.45) is 1.46. The molecular formula is C16H14N2O3. The fourth-order valence-electron chi connectivity index (χ4n) is 1.59. The van der Waals surface area contributed by atoms with Gasteiger partial charge in [0.15, 0.2) is 0 Å². The summed E-state index contributed by atoms with van der Waals surface area (Å²) in [7, 11) is 2.93. The molecule has 0 aliphatic carbocycles. The first-order chi connectivity index (χ1) is 10.1. The SMILES string of the molecule is COc1ncc(C#CC(=O)c2ccc(C)cc2)c(OC)n1. The van der Waals surface area contributed by atoms with E-state index in [4.69, 9.17) is 9.47 Å². The average molecular weight is 282 g/mol. The van der Waals surface area contributed by atoms with Crippen molar-refractivity contribution in [3.63, 3.8) is 0 Å². The molecule has 2 rings (SSSR count). The Morgan fingerprint density at radius 3 is 2.48 bits per heavy atom. The molecule has 1 aromatic carbocycles. The van der Waals surface area contributed by atoms with Crippen LogP contribution < -0.4 is 9.47 Å². The van der Waals surface area contributed by atoms with Gasteiger partial charge in [-0.3, -0.25) is 4.79 Å². The number of nitrogens with zero attached hydrogens (tertiary/aromatic N) is 2. The van der Waals surface area contributed by atoms with Gasteiger partial charge in [0.2, 0.25) is 11.7 Å². The lowest BCUT2D eigenvalue weighted by atomic mass is 10.1. The molecule has 0 atom stereocenters. The fourth-order valence-corrected chi connectivity index (χ4v) is 1.59.